The third-order valence-corrected chi connectivity index (χ3v) is 4.86. The molecule has 0 aliphatic carbocycles. The van der Waals surface area contributed by atoms with E-state index in [0.29, 0.717) is 42.3 Å². The molecule has 3 rings (SSSR count). The van der Waals surface area contributed by atoms with Crippen molar-refractivity contribution in [3.05, 3.63) is 35.5 Å². The molecule has 1 aromatic rings. The molecule has 0 atom stereocenters. The molecule has 1 fully saturated rings. The van der Waals surface area contributed by atoms with Crippen molar-refractivity contribution in [1.82, 2.24) is 14.7 Å². The minimum Gasteiger partial charge on any atom is -0.496 e. The molecule has 1 saturated heterocycles. The van der Waals surface area contributed by atoms with Gasteiger partial charge >= 0.3 is 0 Å². The Hall–Kier alpha value is -2.38. The molecular formula is C19H25N3O4. The van der Waals surface area contributed by atoms with Crippen LogP contribution in [0, 0.1) is 0 Å². The summed E-state index contributed by atoms with van der Waals surface area (Å²) in [6, 6.07) is 7.33. The number of piperazine rings is 1. The zero-order chi connectivity index (χ0) is 18.7. The zero-order valence-corrected chi connectivity index (χ0v) is 15.5. The minimum atomic E-state index is -0.287. The number of carbonyl (C=O) groups is 2. The number of imide groups is 1. The SMILES string of the molecule is COCCN1C(=O)C(c2ccccc2OC)=C(N2CCN(C)CC2)C1=O. The summed E-state index contributed by atoms with van der Waals surface area (Å²) in [6.45, 7) is 3.67. The highest BCUT2D eigenvalue weighted by Gasteiger charge is 2.42. The summed E-state index contributed by atoms with van der Waals surface area (Å²) in [5.74, 6) is 0.0480. The Morgan fingerprint density at radius 1 is 1.00 bits per heavy atom. The maximum Gasteiger partial charge on any atom is 0.277 e. The molecule has 0 N–H and O–H groups in total. The minimum absolute atomic E-state index is 0.240. The van der Waals surface area contributed by atoms with Crippen molar-refractivity contribution >= 4 is 17.4 Å². The van der Waals surface area contributed by atoms with Crippen molar-refractivity contribution in [3.63, 3.8) is 0 Å². The average Bonchev–Trinajstić information content (AvgIpc) is 2.90. The van der Waals surface area contributed by atoms with Crippen molar-refractivity contribution in [2.45, 2.75) is 0 Å². The Labute approximate surface area is 153 Å². The first-order valence-electron chi connectivity index (χ1n) is 8.74. The molecule has 2 aliphatic heterocycles. The van der Waals surface area contributed by atoms with Crippen LogP contribution in [0.1, 0.15) is 5.56 Å². The fourth-order valence-corrected chi connectivity index (χ4v) is 3.37. The largest absolute Gasteiger partial charge is 0.496 e. The summed E-state index contributed by atoms with van der Waals surface area (Å²) in [6.07, 6.45) is 0. The second-order valence-corrected chi connectivity index (χ2v) is 6.47. The van der Waals surface area contributed by atoms with Gasteiger partial charge in [-0.05, 0) is 13.1 Å². The van der Waals surface area contributed by atoms with E-state index in [9.17, 15) is 9.59 Å². The molecule has 0 unspecified atom stereocenters. The highest BCUT2D eigenvalue weighted by molar-refractivity contribution is 6.36. The molecule has 7 nitrogen and oxygen atoms in total. The van der Waals surface area contributed by atoms with Gasteiger partial charge in [-0.1, -0.05) is 18.2 Å². The maximum absolute atomic E-state index is 13.1. The van der Waals surface area contributed by atoms with E-state index < -0.39 is 0 Å². The highest BCUT2D eigenvalue weighted by Crippen LogP contribution is 2.36. The van der Waals surface area contributed by atoms with E-state index in [2.05, 4.69) is 11.9 Å². The lowest BCUT2D eigenvalue weighted by Gasteiger charge is -2.34. The number of ether oxygens (including phenoxy) is 2. The monoisotopic (exact) mass is 359 g/mol. The summed E-state index contributed by atoms with van der Waals surface area (Å²) in [7, 11) is 5.18. The molecule has 2 aliphatic rings. The van der Waals surface area contributed by atoms with Crippen LogP contribution in [0.2, 0.25) is 0 Å². The molecule has 0 radical (unpaired) electrons. The fraction of sp³-hybridized carbons (Fsp3) is 0.474. The van der Waals surface area contributed by atoms with Gasteiger partial charge in [0.2, 0.25) is 0 Å². The summed E-state index contributed by atoms with van der Waals surface area (Å²) in [5, 5.41) is 0. The molecule has 26 heavy (non-hydrogen) atoms. The lowest BCUT2D eigenvalue weighted by atomic mass is 10.0. The number of amides is 2. The molecule has 1 aromatic carbocycles. The molecular weight excluding hydrogens is 334 g/mol. The van der Waals surface area contributed by atoms with Crippen molar-refractivity contribution < 1.29 is 19.1 Å². The van der Waals surface area contributed by atoms with E-state index in [1.165, 1.54) is 4.90 Å². The maximum atomic E-state index is 13.1. The van der Waals surface area contributed by atoms with Crippen LogP contribution in [0.15, 0.2) is 30.0 Å². The second-order valence-electron chi connectivity index (χ2n) is 6.47. The van der Waals surface area contributed by atoms with Crippen LogP contribution in [-0.4, -0.2) is 87.1 Å². The van der Waals surface area contributed by atoms with Crippen molar-refractivity contribution in [2.24, 2.45) is 0 Å². The van der Waals surface area contributed by atoms with E-state index in [-0.39, 0.29) is 18.4 Å². The van der Waals surface area contributed by atoms with Crippen LogP contribution in [0.25, 0.3) is 5.57 Å². The topological polar surface area (TPSA) is 62.3 Å². The summed E-state index contributed by atoms with van der Waals surface area (Å²) in [4.78, 5) is 31.7. The van der Waals surface area contributed by atoms with Crippen LogP contribution in [-0.2, 0) is 14.3 Å². The number of hydrogen-bond acceptors (Lipinski definition) is 6. The number of carbonyl (C=O) groups excluding carboxylic acids is 2. The summed E-state index contributed by atoms with van der Waals surface area (Å²) in [5.41, 5.74) is 1.55. The second kappa shape index (κ2) is 7.88. The molecule has 0 spiro atoms. The third kappa shape index (κ3) is 3.32. The Bertz CT molecular complexity index is 723. The molecule has 0 saturated carbocycles. The van der Waals surface area contributed by atoms with Crippen LogP contribution < -0.4 is 4.74 Å². The van der Waals surface area contributed by atoms with E-state index in [0.717, 1.165) is 13.1 Å². The average molecular weight is 359 g/mol. The van der Waals surface area contributed by atoms with Gasteiger partial charge in [-0.15, -0.1) is 0 Å². The fourth-order valence-electron chi connectivity index (χ4n) is 3.37. The first kappa shape index (κ1) is 18.4. The van der Waals surface area contributed by atoms with E-state index in [4.69, 9.17) is 9.47 Å². The predicted octanol–water partition coefficient (Wildman–Crippen LogP) is 0.669. The van der Waals surface area contributed by atoms with Gasteiger partial charge < -0.3 is 19.3 Å². The van der Waals surface area contributed by atoms with Gasteiger partial charge in [0.25, 0.3) is 11.8 Å². The van der Waals surface area contributed by atoms with E-state index in [1.807, 2.05) is 23.1 Å². The van der Waals surface area contributed by atoms with Gasteiger partial charge in [0, 0.05) is 38.9 Å². The normalized spacial score (nSPS) is 18.9. The lowest BCUT2D eigenvalue weighted by molar-refractivity contribution is -0.138. The number of likely N-dealkylation sites (N-methyl/N-ethyl adjacent to an activating group) is 1. The van der Waals surface area contributed by atoms with Crippen molar-refractivity contribution in [2.75, 3.05) is 60.6 Å². The number of rotatable bonds is 6. The number of para-hydroxylation sites is 1. The molecule has 0 aromatic heterocycles. The van der Waals surface area contributed by atoms with Crippen molar-refractivity contribution in [3.8, 4) is 5.75 Å². The molecule has 2 heterocycles. The standard InChI is InChI=1S/C19H25N3O4/c1-20-8-10-21(11-9-20)17-16(14-6-4-5-7-15(14)26-3)18(23)22(19(17)24)12-13-25-2/h4-7H,8-13H2,1-3H3. The molecule has 7 heteroatoms. The van der Waals surface area contributed by atoms with Gasteiger partial charge in [-0.3, -0.25) is 14.5 Å². The summed E-state index contributed by atoms with van der Waals surface area (Å²) < 4.78 is 10.5. The first-order valence-corrected chi connectivity index (χ1v) is 8.74. The van der Waals surface area contributed by atoms with Gasteiger partial charge in [-0.25, -0.2) is 0 Å². The zero-order valence-electron chi connectivity index (χ0n) is 15.5. The van der Waals surface area contributed by atoms with Gasteiger partial charge in [0.15, 0.2) is 0 Å². The van der Waals surface area contributed by atoms with E-state index in [1.54, 1.807) is 20.3 Å². The van der Waals surface area contributed by atoms with Crippen LogP contribution >= 0.6 is 0 Å². The van der Waals surface area contributed by atoms with Crippen LogP contribution in [0.5, 0.6) is 5.75 Å². The Morgan fingerprint density at radius 3 is 2.35 bits per heavy atom. The van der Waals surface area contributed by atoms with Gasteiger partial charge in [0.05, 0.1) is 25.8 Å². The first-order chi connectivity index (χ1) is 12.6. The smallest absolute Gasteiger partial charge is 0.277 e. The number of nitrogens with zero attached hydrogens (tertiary/aromatic N) is 3. The lowest BCUT2D eigenvalue weighted by Crippen LogP contribution is -2.46. The predicted molar refractivity (Wildman–Crippen MR) is 97.6 cm³/mol. The quantitative estimate of drug-likeness (QED) is 0.696. The summed E-state index contributed by atoms with van der Waals surface area (Å²) >= 11 is 0. The molecule has 0 bridgehead atoms. The molecule has 140 valence electrons. The van der Waals surface area contributed by atoms with Crippen molar-refractivity contribution in [1.29, 1.82) is 0 Å². The van der Waals surface area contributed by atoms with E-state index >= 15 is 0 Å². The number of benzene rings is 1. The Balaban J connectivity index is 2.06. The Kier molecular flexibility index (Phi) is 5.58. The third-order valence-electron chi connectivity index (χ3n) is 4.86. The molecule has 2 amide bonds. The van der Waals surface area contributed by atoms with Gasteiger partial charge in [-0.2, -0.15) is 0 Å². The number of methoxy groups -OCH3 is 2. The van der Waals surface area contributed by atoms with Gasteiger partial charge in [0.1, 0.15) is 11.4 Å². The van der Waals surface area contributed by atoms with Crippen LogP contribution in [0.3, 0.4) is 0 Å². The Morgan fingerprint density at radius 2 is 1.69 bits per heavy atom. The number of hydrogen-bond donors (Lipinski definition) is 0. The highest BCUT2D eigenvalue weighted by atomic mass is 16.5. The van der Waals surface area contributed by atoms with Crippen LogP contribution in [0.4, 0.5) is 0 Å².